The fraction of sp³-hybridized carbons (Fsp3) is 0.556. The van der Waals surface area contributed by atoms with Crippen molar-refractivity contribution in [2.45, 2.75) is 19.6 Å². The summed E-state index contributed by atoms with van der Waals surface area (Å²) in [5, 5.41) is -0.0703. The minimum atomic E-state index is -0.607. The van der Waals surface area contributed by atoms with Crippen LogP contribution < -0.4 is 0 Å². The highest BCUT2D eigenvalue weighted by Crippen LogP contribution is 2.33. The molecule has 0 aromatic heterocycles. The summed E-state index contributed by atoms with van der Waals surface area (Å²) in [7, 11) is 0. The maximum atomic E-state index is 11.2. The largest absolute Gasteiger partial charge is 0.470 e. The van der Waals surface area contributed by atoms with Crippen molar-refractivity contribution in [3.8, 4) is 0 Å². The predicted octanol–water partition coefficient (Wildman–Crippen LogP) is 0.589. The highest BCUT2D eigenvalue weighted by Gasteiger charge is 2.45. The van der Waals surface area contributed by atoms with Gasteiger partial charge in [-0.2, -0.15) is 0 Å². The first-order valence-electron chi connectivity index (χ1n) is 4.65. The van der Waals surface area contributed by atoms with E-state index in [1.165, 1.54) is 4.90 Å². The highest BCUT2D eigenvalue weighted by atomic mass is 35.5. The standard InChI is InChI=1S/C9H10ClNO4/c1-2-14-9(13)8(10)5-4-11-6(12)3-7(11)15-5/h7H,2-4H2,1H3/b8-5+. The highest BCUT2D eigenvalue weighted by molar-refractivity contribution is 6.41. The topological polar surface area (TPSA) is 55.8 Å². The number of esters is 1. The minimum absolute atomic E-state index is 0.0170. The van der Waals surface area contributed by atoms with E-state index in [0.717, 1.165) is 0 Å². The van der Waals surface area contributed by atoms with Crippen molar-refractivity contribution in [1.82, 2.24) is 4.90 Å². The van der Waals surface area contributed by atoms with E-state index < -0.39 is 5.97 Å². The maximum absolute atomic E-state index is 11.2. The lowest BCUT2D eigenvalue weighted by Gasteiger charge is -2.30. The molecule has 1 unspecified atom stereocenters. The third kappa shape index (κ3) is 1.67. The summed E-state index contributed by atoms with van der Waals surface area (Å²) in [6.45, 7) is 2.22. The number of rotatable bonds is 2. The molecule has 0 aromatic rings. The third-order valence-corrected chi connectivity index (χ3v) is 2.67. The molecule has 0 spiro atoms. The summed E-state index contributed by atoms with van der Waals surface area (Å²) in [4.78, 5) is 23.8. The molecule has 5 nitrogen and oxygen atoms in total. The summed E-state index contributed by atoms with van der Waals surface area (Å²) in [6.07, 6.45) is 0.118. The number of ether oxygens (including phenoxy) is 2. The van der Waals surface area contributed by atoms with Crippen LogP contribution in [0.15, 0.2) is 10.8 Å². The van der Waals surface area contributed by atoms with E-state index in [2.05, 4.69) is 0 Å². The third-order valence-electron chi connectivity index (χ3n) is 2.31. The van der Waals surface area contributed by atoms with Crippen molar-refractivity contribution in [2.24, 2.45) is 0 Å². The molecule has 0 saturated carbocycles. The van der Waals surface area contributed by atoms with Gasteiger partial charge in [-0.05, 0) is 6.92 Å². The molecule has 0 aromatic carbocycles. The number of halogens is 1. The van der Waals surface area contributed by atoms with Gasteiger partial charge in [-0.1, -0.05) is 11.6 Å². The lowest BCUT2D eigenvalue weighted by Crippen LogP contribution is -2.48. The lowest BCUT2D eigenvalue weighted by molar-refractivity contribution is -0.154. The van der Waals surface area contributed by atoms with Crippen LogP contribution in [0.5, 0.6) is 0 Å². The minimum Gasteiger partial charge on any atom is -0.470 e. The molecule has 1 amide bonds. The molecule has 2 rings (SSSR count). The Morgan fingerprint density at radius 3 is 3.00 bits per heavy atom. The van der Waals surface area contributed by atoms with Crippen LogP contribution in [0.1, 0.15) is 13.3 Å². The first kappa shape index (κ1) is 10.3. The van der Waals surface area contributed by atoms with E-state index in [-0.39, 0.29) is 30.3 Å². The molecule has 0 bridgehead atoms. The predicted molar refractivity (Wildman–Crippen MR) is 50.7 cm³/mol. The van der Waals surface area contributed by atoms with E-state index in [9.17, 15) is 9.59 Å². The molecule has 15 heavy (non-hydrogen) atoms. The summed E-state index contributed by atoms with van der Waals surface area (Å²) in [6, 6.07) is 0. The zero-order valence-corrected chi connectivity index (χ0v) is 8.91. The second-order valence-electron chi connectivity index (χ2n) is 3.26. The molecule has 0 N–H and O–H groups in total. The Kier molecular flexibility index (Phi) is 2.56. The number of amides is 1. The van der Waals surface area contributed by atoms with Gasteiger partial charge in [-0.15, -0.1) is 0 Å². The fourth-order valence-corrected chi connectivity index (χ4v) is 1.66. The number of carbonyl (C=O) groups is 2. The number of hydrogen-bond acceptors (Lipinski definition) is 4. The van der Waals surface area contributed by atoms with Gasteiger partial charge in [0, 0.05) is 0 Å². The number of β-lactam (4-membered cyclic amide) rings is 1. The Balaban J connectivity index is 2.07. The van der Waals surface area contributed by atoms with E-state index >= 15 is 0 Å². The van der Waals surface area contributed by atoms with Crippen LogP contribution in [-0.4, -0.2) is 36.2 Å². The average molecular weight is 232 g/mol. The molecule has 6 heteroatoms. The molecule has 2 saturated heterocycles. The Labute approximate surface area is 91.6 Å². The van der Waals surface area contributed by atoms with Crippen LogP contribution in [0.3, 0.4) is 0 Å². The van der Waals surface area contributed by atoms with Crippen LogP contribution in [0.2, 0.25) is 0 Å². The van der Waals surface area contributed by atoms with Crippen molar-refractivity contribution in [2.75, 3.05) is 13.2 Å². The lowest BCUT2D eigenvalue weighted by atomic mass is 10.2. The molecule has 2 fully saturated rings. The van der Waals surface area contributed by atoms with E-state index in [1.54, 1.807) is 6.92 Å². The normalized spacial score (nSPS) is 26.7. The SMILES string of the molecule is CCOC(=O)/C(Cl)=C1/CN2C(=O)CC2O1. The summed E-state index contributed by atoms with van der Waals surface area (Å²) >= 11 is 5.76. The zero-order valence-electron chi connectivity index (χ0n) is 8.16. The summed E-state index contributed by atoms with van der Waals surface area (Å²) in [5.74, 6) is -0.265. The molecular formula is C9H10ClNO4. The van der Waals surface area contributed by atoms with Crippen LogP contribution in [-0.2, 0) is 19.1 Å². The number of carbonyl (C=O) groups excluding carboxylic acids is 2. The molecule has 1 atom stereocenters. The second-order valence-corrected chi connectivity index (χ2v) is 3.63. The Hall–Kier alpha value is -1.23. The first-order chi connectivity index (χ1) is 7.13. The quantitative estimate of drug-likeness (QED) is 0.397. The van der Waals surface area contributed by atoms with Crippen LogP contribution in [0.25, 0.3) is 0 Å². The zero-order chi connectivity index (χ0) is 11.0. The molecule has 0 aliphatic carbocycles. The Morgan fingerprint density at radius 2 is 2.47 bits per heavy atom. The number of fused-ring (bicyclic) bond motifs is 1. The van der Waals surface area contributed by atoms with Gasteiger partial charge >= 0.3 is 5.97 Å². The molecule has 0 radical (unpaired) electrons. The second kappa shape index (κ2) is 3.73. The van der Waals surface area contributed by atoms with Gasteiger partial charge in [-0.25, -0.2) is 4.79 Å². The van der Waals surface area contributed by atoms with Crippen LogP contribution in [0.4, 0.5) is 0 Å². The summed E-state index contributed by atoms with van der Waals surface area (Å²) < 4.78 is 10.0. The van der Waals surface area contributed by atoms with E-state index in [0.29, 0.717) is 12.2 Å². The van der Waals surface area contributed by atoms with Crippen molar-refractivity contribution in [1.29, 1.82) is 0 Å². The monoisotopic (exact) mass is 231 g/mol. The van der Waals surface area contributed by atoms with Gasteiger partial charge < -0.3 is 9.47 Å². The van der Waals surface area contributed by atoms with Crippen molar-refractivity contribution >= 4 is 23.5 Å². The Bertz CT molecular complexity index is 352. The van der Waals surface area contributed by atoms with Crippen molar-refractivity contribution < 1.29 is 19.1 Å². The molecule has 2 aliphatic heterocycles. The smallest absolute Gasteiger partial charge is 0.353 e. The maximum Gasteiger partial charge on any atom is 0.353 e. The average Bonchev–Trinajstić information content (AvgIpc) is 2.54. The number of nitrogens with zero attached hydrogens (tertiary/aromatic N) is 1. The summed E-state index contributed by atoms with van der Waals surface area (Å²) in [5.41, 5.74) is 0. The Morgan fingerprint density at radius 1 is 1.73 bits per heavy atom. The van der Waals surface area contributed by atoms with Gasteiger partial charge in [0.1, 0.15) is 5.76 Å². The van der Waals surface area contributed by atoms with Crippen LogP contribution >= 0.6 is 11.6 Å². The van der Waals surface area contributed by atoms with Crippen molar-refractivity contribution in [3.63, 3.8) is 0 Å². The van der Waals surface area contributed by atoms with E-state index in [4.69, 9.17) is 21.1 Å². The number of hydrogen-bond donors (Lipinski definition) is 0. The first-order valence-corrected chi connectivity index (χ1v) is 5.03. The van der Waals surface area contributed by atoms with Crippen LogP contribution in [0, 0.1) is 0 Å². The molecule has 82 valence electrons. The molecular weight excluding hydrogens is 222 g/mol. The van der Waals surface area contributed by atoms with Gasteiger partial charge in [0.2, 0.25) is 5.91 Å². The van der Waals surface area contributed by atoms with E-state index in [1.807, 2.05) is 0 Å². The fourth-order valence-electron chi connectivity index (χ4n) is 1.51. The molecule has 2 aliphatic rings. The van der Waals surface area contributed by atoms with Gasteiger partial charge in [0.25, 0.3) is 0 Å². The van der Waals surface area contributed by atoms with Crippen molar-refractivity contribution in [3.05, 3.63) is 10.8 Å². The van der Waals surface area contributed by atoms with Gasteiger partial charge in [0.05, 0.1) is 19.6 Å². The van der Waals surface area contributed by atoms with Gasteiger partial charge in [0.15, 0.2) is 11.3 Å². The molecule has 2 heterocycles. The van der Waals surface area contributed by atoms with Gasteiger partial charge in [-0.3, -0.25) is 9.69 Å².